The van der Waals surface area contributed by atoms with Crippen LogP contribution in [0.2, 0.25) is 0 Å². The van der Waals surface area contributed by atoms with Crippen LogP contribution in [-0.2, 0) is 4.79 Å². The minimum absolute atomic E-state index is 0.287. The van der Waals surface area contributed by atoms with E-state index in [0.717, 1.165) is 0 Å². The molecule has 0 bridgehead atoms. The molecule has 0 aliphatic rings. The van der Waals surface area contributed by atoms with Crippen LogP contribution in [0.3, 0.4) is 0 Å². The summed E-state index contributed by atoms with van der Waals surface area (Å²) in [4.78, 5) is 24.0. The molecule has 0 aliphatic carbocycles. The Morgan fingerprint density at radius 2 is 1.96 bits per heavy atom. The number of methoxy groups -OCH3 is 1. The fraction of sp³-hybridized carbons (Fsp3) is 0.438. The van der Waals surface area contributed by atoms with E-state index in [2.05, 4.69) is 16.0 Å². The van der Waals surface area contributed by atoms with Crippen LogP contribution >= 0.6 is 0 Å². The van der Waals surface area contributed by atoms with Crippen LogP contribution in [0.4, 0.5) is 10.5 Å². The van der Waals surface area contributed by atoms with E-state index >= 15 is 0 Å². The van der Waals surface area contributed by atoms with Gasteiger partial charge in [0.2, 0.25) is 5.91 Å². The molecule has 1 atom stereocenters. The molecule has 1 rings (SSSR count). The summed E-state index contributed by atoms with van der Waals surface area (Å²) in [6, 6.07) is 5.39. The highest BCUT2D eigenvalue weighted by molar-refractivity contribution is 5.94. The fourth-order valence-corrected chi connectivity index (χ4v) is 1.77. The van der Waals surface area contributed by atoms with Gasteiger partial charge in [0.05, 0.1) is 24.4 Å². The summed E-state index contributed by atoms with van der Waals surface area (Å²) in [6.07, 6.45) is 0. The first-order valence-corrected chi connectivity index (χ1v) is 7.14. The van der Waals surface area contributed by atoms with E-state index in [0.29, 0.717) is 17.0 Å². The van der Waals surface area contributed by atoms with Crippen LogP contribution in [-0.4, -0.2) is 30.6 Å². The summed E-state index contributed by atoms with van der Waals surface area (Å²) in [5.41, 5.74) is 0.362. The van der Waals surface area contributed by atoms with Crippen molar-refractivity contribution in [2.75, 3.05) is 12.4 Å². The molecule has 0 unspecified atom stereocenters. The van der Waals surface area contributed by atoms with Crippen LogP contribution in [0.1, 0.15) is 33.3 Å². The summed E-state index contributed by atoms with van der Waals surface area (Å²) in [5, 5.41) is 16.8. The van der Waals surface area contributed by atoms with E-state index in [4.69, 9.17) is 10.00 Å². The third-order valence-corrected chi connectivity index (χ3v) is 2.82. The van der Waals surface area contributed by atoms with Gasteiger partial charge in [-0.3, -0.25) is 4.79 Å². The molecule has 7 heteroatoms. The summed E-state index contributed by atoms with van der Waals surface area (Å²) in [7, 11) is 1.46. The number of carbonyl (C=O) groups excluding carboxylic acids is 2. The zero-order chi connectivity index (χ0) is 17.6. The predicted octanol–water partition coefficient (Wildman–Crippen LogP) is 1.99. The van der Waals surface area contributed by atoms with Gasteiger partial charge in [-0.05, 0) is 45.9 Å². The normalized spacial score (nSPS) is 11.8. The SMILES string of the molecule is COc1ccc(C#N)cc1NC(=O)N[C@@H](C)C(=O)NC(C)(C)C. The minimum Gasteiger partial charge on any atom is -0.495 e. The molecule has 0 spiro atoms. The lowest BCUT2D eigenvalue weighted by Gasteiger charge is -2.23. The van der Waals surface area contributed by atoms with Crippen LogP contribution < -0.4 is 20.7 Å². The standard InChI is InChI=1S/C16H22N4O3/c1-10(14(21)20-16(2,3)4)18-15(22)19-12-8-11(9-17)6-7-13(12)23-5/h6-8,10H,1-5H3,(H,20,21)(H2,18,19,22)/t10-/m0/s1. The molecule has 1 aromatic rings. The van der Waals surface area contributed by atoms with Gasteiger partial charge in [-0.1, -0.05) is 0 Å². The number of nitriles is 1. The summed E-state index contributed by atoms with van der Waals surface area (Å²) >= 11 is 0. The van der Waals surface area contributed by atoms with Crippen molar-refractivity contribution < 1.29 is 14.3 Å². The Labute approximate surface area is 136 Å². The van der Waals surface area contributed by atoms with Crippen molar-refractivity contribution in [3.63, 3.8) is 0 Å². The second kappa shape index (κ2) is 7.49. The zero-order valence-electron chi connectivity index (χ0n) is 14.0. The number of amides is 3. The minimum atomic E-state index is -0.709. The highest BCUT2D eigenvalue weighted by Gasteiger charge is 2.21. The fourth-order valence-electron chi connectivity index (χ4n) is 1.77. The Morgan fingerprint density at radius 1 is 1.30 bits per heavy atom. The highest BCUT2D eigenvalue weighted by Crippen LogP contribution is 2.25. The van der Waals surface area contributed by atoms with Crippen LogP contribution in [0.5, 0.6) is 5.75 Å². The number of rotatable bonds is 4. The lowest BCUT2D eigenvalue weighted by atomic mass is 10.1. The number of nitrogens with one attached hydrogen (secondary N) is 3. The van der Waals surface area contributed by atoms with Crippen LogP contribution in [0.25, 0.3) is 0 Å². The van der Waals surface area contributed by atoms with E-state index < -0.39 is 12.1 Å². The second-order valence-electron chi connectivity index (χ2n) is 6.09. The maximum Gasteiger partial charge on any atom is 0.319 e. The smallest absolute Gasteiger partial charge is 0.319 e. The van der Waals surface area contributed by atoms with Crippen molar-refractivity contribution in [2.24, 2.45) is 0 Å². The van der Waals surface area contributed by atoms with Gasteiger partial charge in [0.25, 0.3) is 0 Å². The molecular weight excluding hydrogens is 296 g/mol. The first-order chi connectivity index (χ1) is 10.7. The Balaban J connectivity index is 2.74. The number of nitrogens with zero attached hydrogens (tertiary/aromatic N) is 1. The third kappa shape index (κ3) is 5.87. The van der Waals surface area contributed by atoms with E-state index in [1.54, 1.807) is 19.1 Å². The molecular formula is C16H22N4O3. The topological polar surface area (TPSA) is 103 Å². The van der Waals surface area contributed by atoms with E-state index in [1.807, 2.05) is 26.8 Å². The molecule has 1 aromatic carbocycles. The van der Waals surface area contributed by atoms with Gasteiger partial charge in [-0.25, -0.2) is 4.79 Å². The first kappa shape index (κ1) is 18.3. The molecule has 0 aliphatic heterocycles. The Hall–Kier alpha value is -2.75. The molecule has 0 saturated heterocycles. The zero-order valence-corrected chi connectivity index (χ0v) is 14.0. The molecule has 0 saturated carbocycles. The quantitative estimate of drug-likeness (QED) is 0.790. The molecule has 3 N–H and O–H groups in total. The van der Waals surface area contributed by atoms with Gasteiger partial charge in [0.1, 0.15) is 11.8 Å². The van der Waals surface area contributed by atoms with Gasteiger partial charge in [-0.15, -0.1) is 0 Å². The molecule has 0 heterocycles. The Kier molecular flexibility index (Phi) is 5.96. The lowest BCUT2D eigenvalue weighted by molar-refractivity contribution is -0.123. The molecule has 124 valence electrons. The van der Waals surface area contributed by atoms with Crippen LogP contribution in [0, 0.1) is 11.3 Å². The largest absolute Gasteiger partial charge is 0.495 e. The highest BCUT2D eigenvalue weighted by atomic mass is 16.5. The average molecular weight is 318 g/mol. The van der Waals surface area contributed by atoms with Crippen molar-refractivity contribution in [3.8, 4) is 11.8 Å². The Bertz CT molecular complexity index is 629. The molecule has 0 radical (unpaired) electrons. The summed E-state index contributed by atoms with van der Waals surface area (Å²) < 4.78 is 5.13. The van der Waals surface area contributed by atoms with E-state index in [9.17, 15) is 9.59 Å². The first-order valence-electron chi connectivity index (χ1n) is 7.14. The van der Waals surface area contributed by atoms with Gasteiger partial charge >= 0.3 is 6.03 Å². The molecule has 0 fully saturated rings. The predicted molar refractivity (Wildman–Crippen MR) is 87.2 cm³/mol. The van der Waals surface area contributed by atoms with Crippen LogP contribution in [0.15, 0.2) is 18.2 Å². The average Bonchev–Trinajstić information content (AvgIpc) is 2.45. The van der Waals surface area contributed by atoms with Gasteiger partial charge in [-0.2, -0.15) is 5.26 Å². The van der Waals surface area contributed by atoms with Crippen molar-refractivity contribution in [3.05, 3.63) is 23.8 Å². The van der Waals surface area contributed by atoms with Gasteiger partial charge in [0, 0.05) is 5.54 Å². The number of hydrogen-bond acceptors (Lipinski definition) is 4. The lowest BCUT2D eigenvalue weighted by Crippen LogP contribution is -2.51. The van der Waals surface area contributed by atoms with Crippen molar-refractivity contribution in [2.45, 2.75) is 39.3 Å². The van der Waals surface area contributed by atoms with Crippen molar-refractivity contribution in [1.82, 2.24) is 10.6 Å². The number of urea groups is 1. The number of carbonyl (C=O) groups is 2. The number of hydrogen-bond donors (Lipinski definition) is 3. The van der Waals surface area contributed by atoms with E-state index in [-0.39, 0.29) is 11.4 Å². The monoisotopic (exact) mass is 318 g/mol. The van der Waals surface area contributed by atoms with Gasteiger partial charge in [0.15, 0.2) is 0 Å². The number of benzene rings is 1. The number of anilines is 1. The molecule has 23 heavy (non-hydrogen) atoms. The van der Waals surface area contributed by atoms with Crippen molar-refractivity contribution in [1.29, 1.82) is 5.26 Å². The third-order valence-electron chi connectivity index (χ3n) is 2.82. The maximum absolute atomic E-state index is 12.0. The van der Waals surface area contributed by atoms with E-state index in [1.165, 1.54) is 13.2 Å². The molecule has 3 amide bonds. The summed E-state index contributed by atoms with van der Waals surface area (Å²) in [6.45, 7) is 7.16. The molecule has 0 aromatic heterocycles. The molecule has 7 nitrogen and oxygen atoms in total. The Morgan fingerprint density at radius 3 is 2.48 bits per heavy atom. The van der Waals surface area contributed by atoms with Crippen molar-refractivity contribution >= 4 is 17.6 Å². The summed E-state index contributed by atoms with van der Waals surface area (Å²) in [5.74, 6) is 0.135. The number of ether oxygens (including phenoxy) is 1. The second-order valence-corrected chi connectivity index (χ2v) is 6.09. The maximum atomic E-state index is 12.0. The van der Waals surface area contributed by atoms with Gasteiger partial charge < -0.3 is 20.7 Å².